The minimum atomic E-state index is -1.53. The zero-order valence-electron chi connectivity index (χ0n) is 12.5. The molecule has 2 amide bonds. The Hall–Kier alpha value is -2.08. The molecule has 3 N–H and O–H groups in total. The molecular weight excluding hydrogens is 272 g/mol. The standard InChI is InChI=1S/C15H22N2O4/c1-11(2)17(9-10-18)14(21)16-15(3,13(19)20)12-7-5-4-6-8-12/h4-8,11,18H,9-10H2,1-3H3,(H,16,21)(H,19,20). The van der Waals surface area contributed by atoms with Crippen molar-refractivity contribution in [2.75, 3.05) is 13.2 Å². The molecule has 0 radical (unpaired) electrons. The fourth-order valence-electron chi connectivity index (χ4n) is 2.01. The summed E-state index contributed by atoms with van der Waals surface area (Å²) in [5.74, 6) is -1.14. The van der Waals surface area contributed by atoms with Crippen LogP contribution < -0.4 is 5.32 Å². The highest BCUT2D eigenvalue weighted by molar-refractivity contribution is 5.87. The number of hydrogen-bond donors (Lipinski definition) is 3. The molecule has 6 nitrogen and oxygen atoms in total. The van der Waals surface area contributed by atoms with Gasteiger partial charge in [-0.2, -0.15) is 0 Å². The Balaban J connectivity index is 3.03. The number of carboxylic acid groups (broad SMARTS) is 1. The molecule has 0 saturated carbocycles. The van der Waals surface area contributed by atoms with Crippen LogP contribution in [-0.4, -0.2) is 46.3 Å². The Kier molecular flexibility index (Phi) is 5.72. The van der Waals surface area contributed by atoms with E-state index < -0.39 is 17.5 Å². The number of hydrogen-bond acceptors (Lipinski definition) is 3. The zero-order valence-corrected chi connectivity index (χ0v) is 12.5. The number of carbonyl (C=O) groups is 2. The van der Waals surface area contributed by atoms with E-state index >= 15 is 0 Å². The number of aliphatic hydroxyl groups excluding tert-OH is 1. The van der Waals surface area contributed by atoms with Crippen LogP contribution in [0.5, 0.6) is 0 Å². The molecule has 1 rings (SSSR count). The lowest BCUT2D eigenvalue weighted by molar-refractivity contribution is -0.144. The van der Waals surface area contributed by atoms with E-state index in [2.05, 4.69) is 5.32 Å². The molecule has 1 aromatic rings. The molecule has 0 saturated heterocycles. The van der Waals surface area contributed by atoms with E-state index in [-0.39, 0.29) is 19.2 Å². The summed E-state index contributed by atoms with van der Waals surface area (Å²) in [4.78, 5) is 25.3. The summed E-state index contributed by atoms with van der Waals surface area (Å²) in [7, 11) is 0. The van der Waals surface area contributed by atoms with Gasteiger partial charge in [0.2, 0.25) is 0 Å². The molecule has 0 spiro atoms. The van der Waals surface area contributed by atoms with Crippen molar-refractivity contribution in [1.29, 1.82) is 0 Å². The number of benzene rings is 1. The molecule has 1 atom stereocenters. The van der Waals surface area contributed by atoms with Gasteiger partial charge < -0.3 is 20.4 Å². The second-order valence-electron chi connectivity index (χ2n) is 5.24. The summed E-state index contributed by atoms with van der Waals surface area (Å²) in [5.41, 5.74) is -1.04. The molecule has 116 valence electrons. The lowest BCUT2D eigenvalue weighted by atomic mass is 9.92. The monoisotopic (exact) mass is 294 g/mol. The van der Waals surface area contributed by atoms with Gasteiger partial charge in [-0.3, -0.25) is 0 Å². The second-order valence-corrected chi connectivity index (χ2v) is 5.24. The van der Waals surface area contributed by atoms with E-state index in [1.807, 2.05) is 0 Å². The van der Waals surface area contributed by atoms with Gasteiger partial charge in [-0.05, 0) is 26.3 Å². The van der Waals surface area contributed by atoms with Crippen molar-refractivity contribution in [2.45, 2.75) is 32.4 Å². The van der Waals surface area contributed by atoms with E-state index in [0.717, 1.165) is 0 Å². The van der Waals surface area contributed by atoms with Crippen molar-refractivity contribution in [3.63, 3.8) is 0 Å². The first-order valence-electron chi connectivity index (χ1n) is 6.81. The quantitative estimate of drug-likeness (QED) is 0.739. The van der Waals surface area contributed by atoms with Gasteiger partial charge in [0, 0.05) is 12.6 Å². The number of carboxylic acids is 1. The van der Waals surface area contributed by atoms with Gasteiger partial charge in [0.05, 0.1) is 6.61 Å². The molecule has 6 heteroatoms. The minimum absolute atomic E-state index is 0.147. The number of rotatable bonds is 6. The predicted molar refractivity (Wildman–Crippen MR) is 78.9 cm³/mol. The normalized spacial score (nSPS) is 13.6. The van der Waals surface area contributed by atoms with Crippen LogP contribution in [-0.2, 0) is 10.3 Å². The number of amides is 2. The van der Waals surface area contributed by atoms with Crippen molar-refractivity contribution < 1.29 is 19.8 Å². The lowest BCUT2D eigenvalue weighted by Crippen LogP contribution is -2.55. The first kappa shape index (κ1) is 17.0. The largest absolute Gasteiger partial charge is 0.479 e. The maximum Gasteiger partial charge on any atom is 0.333 e. The number of aliphatic hydroxyl groups is 1. The average molecular weight is 294 g/mol. The molecule has 0 aliphatic carbocycles. The summed E-state index contributed by atoms with van der Waals surface area (Å²) in [6.45, 7) is 5.01. The molecule has 21 heavy (non-hydrogen) atoms. The predicted octanol–water partition coefficient (Wildman–Crippen LogP) is 1.40. The highest BCUT2D eigenvalue weighted by atomic mass is 16.4. The molecule has 0 heterocycles. The summed E-state index contributed by atoms with van der Waals surface area (Å²) in [5, 5.41) is 21.1. The first-order chi connectivity index (χ1) is 9.82. The van der Waals surface area contributed by atoms with E-state index in [9.17, 15) is 14.7 Å². The molecule has 0 aromatic heterocycles. The number of urea groups is 1. The van der Waals surface area contributed by atoms with Gasteiger partial charge in [-0.1, -0.05) is 30.3 Å². The zero-order chi connectivity index (χ0) is 16.0. The maximum atomic E-state index is 12.3. The topological polar surface area (TPSA) is 89.9 Å². The van der Waals surface area contributed by atoms with Gasteiger partial charge in [-0.15, -0.1) is 0 Å². The van der Waals surface area contributed by atoms with Crippen LogP contribution in [0.25, 0.3) is 0 Å². The van der Waals surface area contributed by atoms with Crippen LogP contribution >= 0.6 is 0 Å². The van der Waals surface area contributed by atoms with Crippen LogP contribution in [0.3, 0.4) is 0 Å². The highest BCUT2D eigenvalue weighted by Gasteiger charge is 2.38. The Labute approximate surface area is 124 Å². The van der Waals surface area contributed by atoms with Gasteiger partial charge in [0.1, 0.15) is 0 Å². The first-order valence-corrected chi connectivity index (χ1v) is 6.81. The fraction of sp³-hybridized carbons (Fsp3) is 0.467. The number of aliphatic carboxylic acids is 1. The Morgan fingerprint density at radius 2 is 1.86 bits per heavy atom. The SMILES string of the molecule is CC(C)N(CCO)C(=O)NC(C)(C(=O)O)c1ccccc1. The Bertz CT molecular complexity index is 490. The molecule has 1 unspecified atom stereocenters. The smallest absolute Gasteiger partial charge is 0.333 e. The summed E-state index contributed by atoms with van der Waals surface area (Å²) >= 11 is 0. The fourth-order valence-corrected chi connectivity index (χ4v) is 2.01. The van der Waals surface area contributed by atoms with Crippen molar-refractivity contribution in [2.24, 2.45) is 0 Å². The summed E-state index contributed by atoms with van der Waals surface area (Å²) in [6.07, 6.45) is 0. The average Bonchev–Trinajstić information content (AvgIpc) is 2.44. The molecular formula is C15H22N2O4. The molecule has 0 fully saturated rings. The van der Waals surface area contributed by atoms with Crippen molar-refractivity contribution >= 4 is 12.0 Å². The van der Waals surface area contributed by atoms with E-state index in [1.165, 1.54) is 11.8 Å². The third kappa shape index (κ3) is 3.95. The third-order valence-corrected chi connectivity index (χ3v) is 3.36. The van der Waals surface area contributed by atoms with Crippen LogP contribution in [0, 0.1) is 0 Å². The lowest BCUT2D eigenvalue weighted by Gasteiger charge is -2.32. The van der Waals surface area contributed by atoms with Gasteiger partial charge in [0.15, 0.2) is 5.54 Å². The third-order valence-electron chi connectivity index (χ3n) is 3.36. The molecule has 1 aromatic carbocycles. The van der Waals surface area contributed by atoms with Gasteiger partial charge >= 0.3 is 12.0 Å². The Morgan fingerprint density at radius 3 is 2.29 bits per heavy atom. The molecule has 0 bridgehead atoms. The van der Waals surface area contributed by atoms with Gasteiger partial charge in [0.25, 0.3) is 0 Å². The van der Waals surface area contributed by atoms with Crippen LogP contribution in [0.4, 0.5) is 4.79 Å². The van der Waals surface area contributed by atoms with E-state index in [0.29, 0.717) is 5.56 Å². The Morgan fingerprint density at radius 1 is 1.29 bits per heavy atom. The van der Waals surface area contributed by atoms with Crippen molar-refractivity contribution in [3.05, 3.63) is 35.9 Å². The van der Waals surface area contributed by atoms with Crippen molar-refractivity contribution in [3.8, 4) is 0 Å². The summed E-state index contributed by atoms with van der Waals surface area (Å²) in [6, 6.07) is 7.85. The van der Waals surface area contributed by atoms with Crippen molar-refractivity contribution in [1.82, 2.24) is 10.2 Å². The number of nitrogens with one attached hydrogen (secondary N) is 1. The van der Waals surface area contributed by atoms with Crippen LogP contribution in [0.1, 0.15) is 26.3 Å². The number of carbonyl (C=O) groups excluding carboxylic acids is 1. The van der Waals surface area contributed by atoms with E-state index in [4.69, 9.17) is 5.11 Å². The molecule has 0 aliphatic heterocycles. The maximum absolute atomic E-state index is 12.3. The van der Waals surface area contributed by atoms with Crippen LogP contribution in [0.15, 0.2) is 30.3 Å². The van der Waals surface area contributed by atoms with Gasteiger partial charge in [-0.25, -0.2) is 9.59 Å². The highest BCUT2D eigenvalue weighted by Crippen LogP contribution is 2.21. The molecule has 0 aliphatic rings. The second kappa shape index (κ2) is 7.08. The summed E-state index contributed by atoms with van der Waals surface area (Å²) < 4.78 is 0. The number of nitrogens with zero attached hydrogens (tertiary/aromatic N) is 1. The van der Waals surface area contributed by atoms with Crippen LogP contribution in [0.2, 0.25) is 0 Å². The van der Waals surface area contributed by atoms with E-state index in [1.54, 1.807) is 44.2 Å². The minimum Gasteiger partial charge on any atom is -0.479 e.